The van der Waals surface area contributed by atoms with Crippen molar-refractivity contribution in [3.63, 3.8) is 0 Å². The topological polar surface area (TPSA) is 108 Å². The normalized spacial score (nSPS) is 11.4. The smallest absolute Gasteiger partial charge is 0.306 e. The predicted octanol–water partition coefficient (Wildman–Crippen LogP) is 0.534. The van der Waals surface area contributed by atoms with E-state index < -0.39 is 10.1 Å². The summed E-state index contributed by atoms with van der Waals surface area (Å²) in [5.41, 5.74) is 6.03. The Balaban J connectivity index is 2.22. The molecule has 1 heterocycles. The summed E-state index contributed by atoms with van der Waals surface area (Å²) in [4.78, 5) is 4.04. The summed E-state index contributed by atoms with van der Waals surface area (Å²) in [6.45, 7) is 0.169. The van der Waals surface area contributed by atoms with Gasteiger partial charge in [-0.2, -0.15) is 13.4 Å². The van der Waals surface area contributed by atoms with E-state index in [1.807, 2.05) is 0 Å². The highest BCUT2D eigenvalue weighted by atomic mass is 32.2. The summed E-state index contributed by atoms with van der Waals surface area (Å²) in [6.07, 6.45) is 0.980. The van der Waals surface area contributed by atoms with Gasteiger partial charge in [0.05, 0.1) is 12.8 Å². The Bertz CT molecular complexity index is 633. The van der Waals surface area contributed by atoms with Gasteiger partial charge in [-0.15, -0.1) is 0 Å². The van der Waals surface area contributed by atoms with Crippen LogP contribution in [-0.2, 0) is 16.7 Å². The van der Waals surface area contributed by atoms with Gasteiger partial charge in [0.25, 0.3) is 0 Å². The number of aromatic nitrogens is 2. The molecule has 1 aromatic carbocycles. The maximum atomic E-state index is 10.9. The highest BCUT2D eigenvalue weighted by Gasteiger charge is 2.08. The van der Waals surface area contributed by atoms with Crippen LogP contribution in [0.25, 0.3) is 11.4 Å². The molecule has 0 saturated carbocycles. The van der Waals surface area contributed by atoms with Crippen LogP contribution in [0.4, 0.5) is 0 Å². The van der Waals surface area contributed by atoms with E-state index in [2.05, 4.69) is 10.1 Å². The van der Waals surface area contributed by atoms with Crippen molar-refractivity contribution in [2.45, 2.75) is 6.54 Å². The average Bonchev–Trinajstić information content (AvgIpc) is 2.76. The zero-order chi connectivity index (χ0) is 13.2. The predicted molar refractivity (Wildman–Crippen MR) is 63.1 cm³/mol. The largest absolute Gasteiger partial charge is 0.383 e. The fourth-order valence-corrected chi connectivity index (χ4v) is 1.75. The molecule has 18 heavy (non-hydrogen) atoms. The van der Waals surface area contributed by atoms with Crippen LogP contribution in [0.2, 0.25) is 0 Å². The van der Waals surface area contributed by atoms with E-state index in [0.717, 1.165) is 6.26 Å². The van der Waals surface area contributed by atoms with Gasteiger partial charge in [0.1, 0.15) is 5.75 Å². The third-order valence-corrected chi connectivity index (χ3v) is 2.50. The van der Waals surface area contributed by atoms with Crippen molar-refractivity contribution in [1.29, 1.82) is 0 Å². The minimum Gasteiger partial charge on any atom is -0.383 e. The maximum absolute atomic E-state index is 10.9. The van der Waals surface area contributed by atoms with Gasteiger partial charge >= 0.3 is 10.1 Å². The van der Waals surface area contributed by atoms with Crippen molar-refractivity contribution in [1.82, 2.24) is 10.1 Å². The van der Waals surface area contributed by atoms with E-state index in [-0.39, 0.29) is 12.3 Å². The van der Waals surface area contributed by atoms with Crippen LogP contribution in [0.1, 0.15) is 5.89 Å². The molecule has 0 fully saturated rings. The third-order valence-electron chi connectivity index (χ3n) is 2.00. The molecule has 7 nitrogen and oxygen atoms in total. The lowest BCUT2D eigenvalue weighted by Crippen LogP contribution is -2.05. The van der Waals surface area contributed by atoms with Crippen molar-refractivity contribution in [2.24, 2.45) is 5.73 Å². The van der Waals surface area contributed by atoms with E-state index in [0.29, 0.717) is 17.3 Å². The quantitative estimate of drug-likeness (QED) is 0.806. The maximum Gasteiger partial charge on any atom is 0.306 e. The molecule has 96 valence electrons. The summed E-state index contributed by atoms with van der Waals surface area (Å²) >= 11 is 0. The fraction of sp³-hybridized carbons (Fsp3) is 0.200. The molecular weight excluding hydrogens is 258 g/mol. The van der Waals surface area contributed by atoms with Gasteiger partial charge in [-0.05, 0) is 24.3 Å². The molecule has 0 aliphatic rings. The van der Waals surface area contributed by atoms with Gasteiger partial charge in [0, 0.05) is 5.56 Å². The van der Waals surface area contributed by atoms with Gasteiger partial charge in [0.2, 0.25) is 11.7 Å². The van der Waals surface area contributed by atoms with Crippen LogP contribution in [0.15, 0.2) is 28.8 Å². The highest BCUT2D eigenvalue weighted by Crippen LogP contribution is 2.20. The van der Waals surface area contributed by atoms with E-state index in [4.69, 9.17) is 14.4 Å². The second kappa shape index (κ2) is 4.75. The molecule has 0 spiro atoms. The number of rotatable bonds is 4. The molecule has 2 N–H and O–H groups in total. The molecule has 0 unspecified atom stereocenters. The highest BCUT2D eigenvalue weighted by molar-refractivity contribution is 7.86. The Kier molecular flexibility index (Phi) is 3.30. The molecule has 0 aliphatic carbocycles. The molecule has 2 rings (SSSR count). The van der Waals surface area contributed by atoms with Gasteiger partial charge in [-0.25, -0.2) is 0 Å². The van der Waals surface area contributed by atoms with Crippen LogP contribution in [-0.4, -0.2) is 24.8 Å². The van der Waals surface area contributed by atoms with Crippen LogP contribution >= 0.6 is 0 Å². The Morgan fingerprint density at radius 3 is 2.50 bits per heavy atom. The molecule has 0 atom stereocenters. The number of nitrogens with zero attached hydrogens (tertiary/aromatic N) is 2. The van der Waals surface area contributed by atoms with Gasteiger partial charge in [0.15, 0.2) is 0 Å². The Morgan fingerprint density at radius 1 is 1.33 bits per heavy atom. The van der Waals surface area contributed by atoms with Crippen molar-refractivity contribution >= 4 is 10.1 Å². The molecule has 1 aromatic heterocycles. The summed E-state index contributed by atoms with van der Waals surface area (Å²) in [6, 6.07) is 6.28. The summed E-state index contributed by atoms with van der Waals surface area (Å²) in [5.74, 6) is 0.951. The first kappa shape index (κ1) is 12.5. The Labute approximate surface area is 104 Å². The standard InChI is InChI=1S/C10H11N3O4S/c1-18(14,15)17-8-4-2-7(3-5-8)10-12-9(6-11)16-13-10/h2-5H,6,11H2,1H3. The Hall–Kier alpha value is -1.93. The number of hydrogen-bond donors (Lipinski definition) is 1. The number of benzene rings is 1. The molecule has 8 heteroatoms. The molecule has 0 radical (unpaired) electrons. The summed E-state index contributed by atoms with van der Waals surface area (Å²) < 4.78 is 31.4. The molecule has 0 saturated heterocycles. The van der Waals surface area contributed by atoms with E-state index in [9.17, 15) is 8.42 Å². The van der Waals surface area contributed by atoms with Crippen LogP contribution in [0, 0.1) is 0 Å². The minimum atomic E-state index is -3.52. The number of hydrogen-bond acceptors (Lipinski definition) is 7. The lowest BCUT2D eigenvalue weighted by molar-refractivity contribution is 0.380. The zero-order valence-electron chi connectivity index (χ0n) is 9.53. The van der Waals surface area contributed by atoms with Crippen molar-refractivity contribution in [3.05, 3.63) is 30.2 Å². The average molecular weight is 269 g/mol. The van der Waals surface area contributed by atoms with E-state index in [1.54, 1.807) is 12.1 Å². The fourth-order valence-electron chi connectivity index (χ4n) is 1.29. The van der Waals surface area contributed by atoms with Crippen molar-refractivity contribution in [2.75, 3.05) is 6.26 Å². The lowest BCUT2D eigenvalue weighted by atomic mass is 10.2. The summed E-state index contributed by atoms with van der Waals surface area (Å²) in [5, 5.41) is 3.74. The van der Waals surface area contributed by atoms with Crippen LogP contribution in [0.3, 0.4) is 0 Å². The van der Waals surface area contributed by atoms with E-state index >= 15 is 0 Å². The SMILES string of the molecule is CS(=O)(=O)Oc1ccc(-c2noc(CN)n2)cc1. The molecular formula is C10H11N3O4S. The van der Waals surface area contributed by atoms with Crippen molar-refractivity contribution in [3.8, 4) is 17.1 Å². The van der Waals surface area contributed by atoms with Crippen LogP contribution < -0.4 is 9.92 Å². The van der Waals surface area contributed by atoms with Crippen molar-refractivity contribution < 1.29 is 17.1 Å². The second-order valence-electron chi connectivity index (χ2n) is 3.53. The number of nitrogens with two attached hydrogens (primary N) is 1. The monoisotopic (exact) mass is 269 g/mol. The Morgan fingerprint density at radius 2 is 2.00 bits per heavy atom. The lowest BCUT2D eigenvalue weighted by Gasteiger charge is -2.02. The van der Waals surface area contributed by atoms with E-state index in [1.165, 1.54) is 12.1 Å². The molecule has 0 aliphatic heterocycles. The minimum absolute atomic E-state index is 0.169. The second-order valence-corrected chi connectivity index (χ2v) is 5.10. The molecule has 0 amide bonds. The zero-order valence-corrected chi connectivity index (χ0v) is 10.3. The van der Waals surface area contributed by atoms with Crippen LogP contribution in [0.5, 0.6) is 5.75 Å². The molecule has 0 bridgehead atoms. The van der Waals surface area contributed by atoms with Gasteiger partial charge in [-0.1, -0.05) is 5.16 Å². The first-order chi connectivity index (χ1) is 8.48. The third kappa shape index (κ3) is 3.05. The summed E-state index contributed by atoms with van der Waals surface area (Å²) in [7, 11) is -3.52. The first-order valence-electron chi connectivity index (χ1n) is 5.00. The first-order valence-corrected chi connectivity index (χ1v) is 6.82. The van der Waals surface area contributed by atoms with Gasteiger partial charge < -0.3 is 14.4 Å². The molecule has 2 aromatic rings. The van der Waals surface area contributed by atoms with Gasteiger partial charge in [-0.3, -0.25) is 0 Å².